The summed E-state index contributed by atoms with van der Waals surface area (Å²) in [5.74, 6) is 0. The van der Waals surface area contributed by atoms with Crippen LogP contribution in [-0.4, -0.2) is 0 Å². The predicted molar refractivity (Wildman–Crippen MR) is 72.0 cm³/mol. The maximum absolute atomic E-state index is 3.62. The largest absolute Gasteiger partial charge is 0.0876 e. The molecule has 0 aliphatic heterocycles. The SMILES string of the molecule is BrCc1ccc2cc(Br)ccc2c1Br. The van der Waals surface area contributed by atoms with E-state index in [1.165, 1.54) is 20.8 Å². The van der Waals surface area contributed by atoms with Gasteiger partial charge in [-0.05, 0) is 44.4 Å². The molecule has 0 aliphatic rings. The summed E-state index contributed by atoms with van der Waals surface area (Å²) in [7, 11) is 0. The van der Waals surface area contributed by atoms with Crippen LogP contribution in [-0.2, 0) is 5.33 Å². The topological polar surface area (TPSA) is 0 Å². The molecule has 0 atom stereocenters. The minimum absolute atomic E-state index is 0.875. The van der Waals surface area contributed by atoms with Crippen molar-refractivity contribution < 1.29 is 0 Å². The van der Waals surface area contributed by atoms with Crippen molar-refractivity contribution in [1.29, 1.82) is 0 Å². The number of rotatable bonds is 1. The molecule has 0 amide bonds. The summed E-state index contributed by atoms with van der Waals surface area (Å²) in [6, 6.07) is 10.6. The average Bonchev–Trinajstić information content (AvgIpc) is 2.18. The fourth-order valence-electron chi connectivity index (χ4n) is 1.41. The molecule has 0 unspecified atom stereocenters. The molecule has 14 heavy (non-hydrogen) atoms. The molecule has 2 rings (SSSR count). The van der Waals surface area contributed by atoms with Gasteiger partial charge in [-0.1, -0.05) is 50.1 Å². The van der Waals surface area contributed by atoms with Crippen molar-refractivity contribution in [3.63, 3.8) is 0 Å². The zero-order chi connectivity index (χ0) is 10.1. The van der Waals surface area contributed by atoms with Crippen LogP contribution in [0.15, 0.2) is 39.3 Å². The Labute approximate surface area is 108 Å². The first-order chi connectivity index (χ1) is 6.72. The Hall–Kier alpha value is 0.140. The number of fused-ring (bicyclic) bond motifs is 1. The highest BCUT2D eigenvalue weighted by Crippen LogP contribution is 2.30. The Morgan fingerprint density at radius 2 is 1.79 bits per heavy atom. The lowest BCUT2D eigenvalue weighted by Gasteiger charge is -2.05. The van der Waals surface area contributed by atoms with Crippen LogP contribution in [0.2, 0.25) is 0 Å². The van der Waals surface area contributed by atoms with Gasteiger partial charge in [0.25, 0.3) is 0 Å². The third kappa shape index (κ3) is 1.90. The summed E-state index contributed by atoms with van der Waals surface area (Å²) in [5.41, 5.74) is 1.28. The van der Waals surface area contributed by atoms with Gasteiger partial charge < -0.3 is 0 Å². The smallest absolute Gasteiger partial charge is 0.0294 e. The Morgan fingerprint density at radius 1 is 1.00 bits per heavy atom. The molecule has 0 fully saturated rings. The monoisotopic (exact) mass is 376 g/mol. The van der Waals surface area contributed by atoms with Crippen LogP contribution < -0.4 is 0 Å². The highest BCUT2D eigenvalue weighted by Gasteiger charge is 2.03. The summed E-state index contributed by atoms with van der Waals surface area (Å²) in [4.78, 5) is 0. The lowest BCUT2D eigenvalue weighted by molar-refractivity contribution is 1.43. The Morgan fingerprint density at radius 3 is 2.50 bits per heavy atom. The van der Waals surface area contributed by atoms with Crippen LogP contribution >= 0.6 is 47.8 Å². The van der Waals surface area contributed by atoms with Gasteiger partial charge in [-0.2, -0.15) is 0 Å². The first-order valence-corrected chi connectivity index (χ1v) is 6.85. The number of hydrogen-bond acceptors (Lipinski definition) is 0. The number of benzene rings is 2. The van der Waals surface area contributed by atoms with E-state index in [1.807, 2.05) is 0 Å². The van der Waals surface area contributed by atoms with Crippen LogP contribution in [0, 0.1) is 0 Å². The fraction of sp³-hybridized carbons (Fsp3) is 0.0909. The van der Waals surface area contributed by atoms with Gasteiger partial charge in [0.1, 0.15) is 0 Å². The Kier molecular flexibility index (Phi) is 3.30. The normalized spacial score (nSPS) is 10.8. The molecule has 0 aliphatic carbocycles. The minimum atomic E-state index is 0.875. The lowest BCUT2D eigenvalue weighted by Crippen LogP contribution is -1.82. The summed E-state index contributed by atoms with van der Waals surface area (Å²) in [6.07, 6.45) is 0. The van der Waals surface area contributed by atoms with Crippen molar-refractivity contribution in [3.8, 4) is 0 Å². The van der Waals surface area contributed by atoms with Gasteiger partial charge >= 0.3 is 0 Å². The fourth-order valence-corrected chi connectivity index (χ4v) is 3.27. The van der Waals surface area contributed by atoms with Gasteiger partial charge in [-0.25, -0.2) is 0 Å². The Bertz CT molecular complexity index is 477. The van der Waals surface area contributed by atoms with E-state index in [2.05, 4.69) is 78.1 Å². The molecule has 0 heterocycles. The van der Waals surface area contributed by atoms with Crippen molar-refractivity contribution in [3.05, 3.63) is 44.8 Å². The quantitative estimate of drug-likeness (QED) is 0.594. The molecule has 0 aromatic heterocycles. The van der Waals surface area contributed by atoms with Gasteiger partial charge in [-0.15, -0.1) is 0 Å². The van der Waals surface area contributed by atoms with Crippen molar-refractivity contribution in [2.45, 2.75) is 5.33 Å². The molecule has 3 heteroatoms. The zero-order valence-electron chi connectivity index (χ0n) is 7.23. The van der Waals surface area contributed by atoms with E-state index >= 15 is 0 Å². The summed E-state index contributed by atoms with van der Waals surface area (Å²) < 4.78 is 2.29. The molecule has 72 valence electrons. The van der Waals surface area contributed by atoms with E-state index in [1.54, 1.807) is 0 Å². The minimum Gasteiger partial charge on any atom is -0.0876 e. The van der Waals surface area contributed by atoms with Gasteiger partial charge in [0.15, 0.2) is 0 Å². The second kappa shape index (κ2) is 4.33. The van der Waals surface area contributed by atoms with Crippen LogP contribution in [0.4, 0.5) is 0 Å². The van der Waals surface area contributed by atoms with Crippen LogP contribution in [0.25, 0.3) is 10.8 Å². The molecule has 2 aromatic rings. The van der Waals surface area contributed by atoms with Crippen LogP contribution in [0.3, 0.4) is 0 Å². The predicted octanol–water partition coefficient (Wildman–Crippen LogP) is 5.26. The highest BCUT2D eigenvalue weighted by atomic mass is 79.9. The van der Waals surface area contributed by atoms with Gasteiger partial charge in [0.05, 0.1) is 0 Å². The Balaban J connectivity index is 2.77. The molecular weight excluding hydrogens is 372 g/mol. The molecule has 0 spiro atoms. The van der Waals surface area contributed by atoms with E-state index in [4.69, 9.17) is 0 Å². The average molecular weight is 379 g/mol. The van der Waals surface area contributed by atoms with E-state index in [-0.39, 0.29) is 0 Å². The van der Waals surface area contributed by atoms with Crippen molar-refractivity contribution in [1.82, 2.24) is 0 Å². The maximum atomic E-state index is 3.62. The van der Waals surface area contributed by atoms with E-state index in [0.717, 1.165) is 9.80 Å². The van der Waals surface area contributed by atoms with Crippen molar-refractivity contribution in [2.24, 2.45) is 0 Å². The number of halogens is 3. The van der Waals surface area contributed by atoms with Crippen molar-refractivity contribution >= 4 is 58.6 Å². The van der Waals surface area contributed by atoms with Crippen LogP contribution in [0.5, 0.6) is 0 Å². The molecule has 0 nitrogen and oxygen atoms in total. The van der Waals surface area contributed by atoms with Gasteiger partial charge in [-0.3, -0.25) is 0 Å². The first-order valence-electron chi connectivity index (χ1n) is 4.15. The first kappa shape index (κ1) is 10.7. The number of alkyl halides is 1. The standard InChI is InChI=1S/C11H7Br3/c12-6-8-2-1-7-5-9(13)3-4-10(7)11(8)14/h1-5H,6H2. The molecule has 0 saturated carbocycles. The summed E-state index contributed by atoms with van der Waals surface area (Å²) in [6.45, 7) is 0. The molecular formula is C11H7Br3. The third-order valence-corrected chi connectivity index (χ3v) is 4.17. The lowest BCUT2D eigenvalue weighted by atomic mass is 10.1. The molecule has 2 aromatic carbocycles. The van der Waals surface area contributed by atoms with Gasteiger partial charge in [0.2, 0.25) is 0 Å². The van der Waals surface area contributed by atoms with Crippen molar-refractivity contribution in [2.75, 3.05) is 0 Å². The third-order valence-electron chi connectivity index (χ3n) is 2.14. The molecule has 0 N–H and O–H groups in total. The second-order valence-electron chi connectivity index (χ2n) is 3.04. The van der Waals surface area contributed by atoms with E-state index in [0.29, 0.717) is 0 Å². The summed E-state index contributed by atoms with van der Waals surface area (Å²) in [5, 5.41) is 3.38. The second-order valence-corrected chi connectivity index (χ2v) is 5.31. The highest BCUT2D eigenvalue weighted by molar-refractivity contribution is 9.11. The zero-order valence-corrected chi connectivity index (χ0v) is 12.0. The molecule has 0 saturated heterocycles. The van der Waals surface area contributed by atoms with Gasteiger partial charge in [0, 0.05) is 14.3 Å². The summed E-state index contributed by atoms with van der Waals surface area (Å²) >= 11 is 10.6. The molecule has 0 radical (unpaired) electrons. The number of hydrogen-bond donors (Lipinski definition) is 0. The van der Waals surface area contributed by atoms with E-state index in [9.17, 15) is 0 Å². The molecule has 0 bridgehead atoms. The van der Waals surface area contributed by atoms with E-state index < -0.39 is 0 Å². The van der Waals surface area contributed by atoms with Crippen LogP contribution in [0.1, 0.15) is 5.56 Å². The maximum Gasteiger partial charge on any atom is 0.0294 e.